The molecule has 0 spiro atoms. The number of carbonyl (C=O) groups is 2. The van der Waals surface area contributed by atoms with E-state index in [2.05, 4.69) is 4.98 Å². The van der Waals surface area contributed by atoms with Crippen molar-refractivity contribution < 1.29 is 9.59 Å². The third-order valence-corrected chi connectivity index (χ3v) is 3.78. The van der Waals surface area contributed by atoms with E-state index in [4.69, 9.17) is 0 Å². The second-order valence-electron chi connectivity index (χ2n) is 5.20. The van der Waals surface area contributed by atoms with Crippen LogP contribution >= 0.6 is 0 Å². The summed E-state index contributed by atoms with van der Waals surface area (Å²) in [6.45, 7) is 2.22. The molecule has 0 bridgehead atoms. The number of pyridine rings is 1. The molecule has 4 heteroatoms. The first kappa shape index (κ1) is 13.5. The number of benzene rings is 1. The first-order valence-electron chi connectivity index (χ1n) is 7.02. The largest absolute Gasteiger partial charge is 0.308 e. The zero-order valence-electron chi connectivity index (χ0n) is 11.9. The molecule has 1 aromatic carbocycles. The van der Waals surface area contributed by atoms with E-state index in [0.717, 1.165) is 24.1 Å². The van der Waals surface area contributed by atoms with E-state index < -0.39 is 0 Å². The minimum Gasteiger partial charge on any atom is -0.308 e. The van der Waals surface area contributed by atoms with Crippen molar-refractivity contribution in [1.82, 2.24) is 4.98 Å². The Labute approximate surface area is 123 Å². The second-order valence-corrected chi connectivity index (χ2v) is 5.20. The summed E-state index contributed by atoms with van der Waals surface area (Å²) in [4.78, 5) is 29.9. The molecule has 0 saturated heterocycles. The van der Waals surface area contributed by atoms with Crippen LogP contribution in [0.5, 0.6) is 0 Å². The number of aromatic nitrogens is 1. The van der Waals surface area contributed by atoms with E-state index in [1.807, 2.05) is 18.2 Å². The number of fused-ring (bicyclic) bond motifs is 1. The average Bonchev–Trinajstić information content (AvgIpc) is 2.54. The lowest BCUT2D eigenvalue weighted by Crippen LogP contribution is -2.35. The van der Waals surface area contributed by atoms with Crippen molar-refractivity contribution in [3.05, 3.63) is 59.4 Å². The van der Waals surface area contributed by atoms with Crippen LogP contribution in [0.15, 0.2) is 42.7 Å². The molecule has 0 fully saturated rings. The molecule has 4 nitrogen and oxygen atoms in total. The molecule has 0 radical (unpaired) electrons. The number of hydrogen-bond acceptors (Lipinski definition) is 3. The molecule has 21 heavy (non-hydrogen) atoms. The van der Waals surface area contributed by atoms with Gasteiger partial charge in [-0.2, -0.15) is 0 Å². The van der Waals surface area contributed by atoms with Crippen LogP contribution in [-0.4, -0.2) is 23.2 Å². The van der Waals surface area contributed by atoms with Gasteiger partial charge in [0.15, 0.2) is 5.78 Å². The molecule has 0 aliphatic carbocycles. The monoisotopic (exact) mass is 280 g/mol. The normalized spacial score (nSPS) is 13.7. The molecular formula is C17H16N2O2. The first-order chi connectivity index (χ1) is 10.2. The molecule has 1 aromatic heterocycles. The van der Waals surface area contributed by atoms with Gasteiger partial charge >= 0.3 is 0 Å². The Morgan fingerprint density at radius 2 is 1.86 bits per heavy atom. The quantitative estimate of drug-likeness (QED) is 0.795. The number of aryl methyl sites for hydroxylation is 1. The number of hydrogen-bond donors (Lipinski definition) is 0. The van der Waals surface area contributed by atoms with Crippen LogP contribution in [0.3, 0.4) is 0 Å². The van der Waals surface area contributed by atoms with Gasteiger partial charge in [-0.05, 0) is 43.5 Å². The summed E-state index contributed by atoms with van der Waals surface area (Å²) in [5.74, 6) is -0.0289. The number of anilines is 1. The summed E-state index contributed by atoms with van der Waals surface area (Å²) in [7, 11) is 0. The topological polar surface area (TPSA) is 50.3 Å². The Kier molecular flexibility index (Phi) is 3.52. The lowest BCUT2D eigenvalue weighted by atomic mass is 9.98. The van der Waals surface area contributed by atoms with Gasteiger partial charge in [-0.3, -0.25) is 14.6 Å². The lowest BCUT2D eigenvalue weighted by Gasteiger charge is -2.30. The summed E-state index contributed by atoms with van der Waals surface area (Å²) in [6, 6.07) is 9.05. The second kappa shape index (κ2) is 5.48. The maximum Gasteiger partial charge on any atom is 0.258 e. The minimum absolute atomic E-state index is 0.0136. The van der Waals surface area contributed by atoms with E-state index >= 15 is 0 Å². The van der Waals surface area contributed by atoms with Crippen LogP contribution < -0.4 is 4.90 Å². The number of amides is 1. The van der Waals surface area contributed by atoms with Crippen LogP contribution in [-0.2, 0) is 6.42 Å². The minimum atomic E-state index is -0.0425. The Balaban J connectivity index is 2.01. The van der Waals surface area contributed by atoms with Gasteiger partial charge in [0.05, 0.1) is 0 Å². The van der Waals surface area contributed by atoms with Gasteiger partial charge < -0.3 is 4.90 Å². The van der Waals surface area contributed by atoms with E-state index in [0.29, 0.717) is 17.7 Å². The maximum atomic E-state index is 12.7. The third-order valence-electron chi connectivity index (χ3n) is 3.78. The fraction of sp³-hybridized carbons (Fsp3) is 0.235. The standard InChI is InChI=1S/C17H16N2O2/c1-12(20)15-5-4-13-3-2-10-19(16(13)11-15)17(21)14-6-8-18-9-7-14/h4-9,11H,2-3,10H2,1H3. The smallest absolute Gasteiger partial charge is 0.258 e. The van der Waals surface area contributed by atoms with Crippen LogP contribution in [0.1, 0.15) is 39.6 Å². The summed E-state index contributed by atoms with van der Waals surface area (Å²) >= 11 is 0. The van der Waals surface area contributed by atoms with Crippen molar-refractivity contribution in [3.63, 3.8) is 0 Å². The van der Waals surface area contributed by atoms with Crippen LogP contribution in [0.2, 0.25) is 0 Å². The van der Waals surface area contributed by atoms with Gasteiger partial charge in [-0.15, -0.1) is 0 Å². The maximum absolute atomic E-state index is 12.7. The molecule has 1 aliphatic heterocycles. The van der Waals surface area contributed by atoms with Crippen LogP contribution in [0.25, 0.3) is 0 Å². The number of ketones is 1. The fourth-order valence-corrected chi connectivity index (χ4v) is 2.65. The molecule has 0 saturated carbocycles. The molecule has 106 valence electrons. The van der Waals surface area contributed by atoms with Crippen molar-refractivity contribution in [2.45, 2.75) is 19.8 Å². The molecular weight excluding hydrogens is 264 g/mol. The van der Waals surface area contributed by atoms with Gasteiger partial charge in [0, 0.05) is 35.8 Å². The molecule has 0 unspecified atom stereocenters. The Hall–Kier alpha value is -2.49. The predicted molar refractivity (Wildman–Crippen MR) is 80.7 cm³/mol. The number of nitrogens with zero attached hydrogens (tertiary/aromatic N) is 2. The molecule has 2 aromatic rings. The van der Waals surface area contributed by atoms with Crippen molar-refractivity contribution in [2.24, 2.45) is 0 Å². The van der Waals surface area contributed by atoms with E-state index in [1.54, 1.807) is 36.4 Å². The van der Waals surface area contributed by atoms with Gasteiger partial charge in [0.25, 0.3) is 5.91 Å². The number of rotatable bonds is 2. The zero-order valence-corrected chi connectivity index (χ0v) is 11.9. The highest BCUT2D eigenvalue weighted by atomic mass is 16.2. The Bertz CT molecular complexity index is 695. The summed E-state index contributed by atoms with van der Waals surface area (Å²) in [5, 5.41) is 0. The zero-order chi connectivity index (χ0) is 14.8. The predicted octanol–water partition coefficient (Wildman–Crippen LogP) is 2.88. The van der Waals surface area contributed by atoms with Gasteiger partial charge in [0.1, 0.15) is 0 Å². The van der Waals surface area contributed by atoms with Crippen molar-refractivity contribution in [1.29, 1.82) is 0 Å². The lowest BCUT2D eigenvalue weighted by molar-refractivity contribution is 0.0981. The fourth-order valence-electron chi connectivity index (χ4n) is 2.65. The van der Waals surface area contributed by atoms with Crippen molar-refractivity contribution in [3.8, 4) is 0 Å². The Morgan fingerprint density at radius 1 is 1.10 bits per heavy atom. The summed E-state index contributed by atoms with van der Waals surface area (Å²) in [5.41, 5.74) is 3.23. The van der Waals surface area contributed by atoms with Crippen LogP contribution in [0.4, 0.5) is 5.69 Å². The molecule has 1 amide bonds. The highest BCUT2D eigenvalue weighted by molar-refractivity contribution is 6.07. The van der Waals surface area contributed by atoms with Crippen molar-refractivity contribution in [2.75, 3.05) is 11.4 Å². The summed E-state index contributed by atoms with van der Waals surface area (Å²) in [6.07, 6.45) is 5.10. The Morgan fingerprint density at radius 3 is 2.57 bits per heavy atom. The van der Waals surface area contributed by atoms with E-state index in [1.165, 1.54) is 0 Å². The number of Topliss-reactive ketones (excluding diaryl/α,β-unsaturated/α-hetero) is 1. The highest BCUT2D eigenvalue weighted by Gasteiger charge is 2.24. The third kappa shape index (κ3) is 2.57. The van der Waals surface area contributed by atoms with E-state index in [9.17, 15) is 9.59 Å². The molecule has 2 heterocycles. The molecule has 1 aliphatic rings. The average molecular weight is 280 g/mol. The molecule has 3 rings (SSSR count). The first-order valence-corrected chi connectivity index (χ1v) is 7.02. The van der Waals surface area contributed by atoms with Gasteiger partial charge in [-0.25, -0.2) is 0 Å². The van der Waals surface area contributed by atoms with E-state index in [-0.39, 0.29) is 11.7 Å². The SMILES string of the molecule is CC(=O)c1ccc2c(c1)N(C(=O)c1ccncc1)CCC2. The number of carbonyl (C=O) groups excluding carboxylic acids is 2. The van der Waals surface area contributed by atoms with Crippen molar-refractivity contribution >= 4 is 17.4 Å². The molecule has 0 N–H and O–H groups in total. The highest BCUT2D eigenvalue weighted by Crippen LogP contribution is 2.29. The summed E-state index contributed by atoms with van der Waals surface area (Å²) < 4.78 is 0. The van der Waals surface area contributed by atoms with Gasteiger partial charge in [-0.1, -0.05) is 12.1 Å². The molecule has 0 atom stereocenters. The van der Waals surface area contributed by atoms with Gasteiger partial charge in [0.2, 0.25) is 0 Å². The van der Waals surface area contributed by atoms with Crippen LogP contribution in [0, 0.1) is 0 Å².